The molecule has 1 heterocycles. The highest BCUT2D eigenvalue weighted by molar-refractivity contribution is 5.82. The molecule has 0 spiro atoms. The van der Waals surface area contributed by atoms with Crippen LogP contribution in [0.4, 0.5) is 0 Å². The molecule has 1 atom stereocenters. The van der Waals surface area contributed by atoms with Crippen LogP contribution in [0.25, 0.3) is 10.9 Å². The second-order valence-corrected chi connectivity index (χ2v) is 7.94. The minimum Gasteiger partial charge on any atom is -0.350 e. The fraction of sp³-hybridized carbons (Fsp3) is 0.192. The summed E-state index contributed by atoms with van der Waals surface area (Å²) >= 11 is 0. The number of benzene rings is 3. The smallest absolute Gasteiger partial charge is 0.331 e. The van der Waals surface area contributed by atoms with Gasteiger partial charge in [-0.3, -0.25) is 14.2 Å². The number of hydrogen-bond acceptors (Lipinski definition) is 3. The minimum atomic E-state index is -0.973. The summed E-state index contributed by atoms with van der Waals surface area (Å²) in [5, 5.41) is 3.31. The van der Waals surface area contributed by atoms with Crippen molar-refractivity contribution < 1.29 is 4.79 Å². The first kappa shape index (κ1) is 21.3. The predicted molar refractivity (Wildman–Crippen MR) is 126 cm³/mol. The molecule has 0 bridgehead atoms. The van der Waals surface area contributed by atoms with E-state index in [1.165, 1.54) is 4.57 Å². The van der Waals surface area contributed by atoms with Crippen LogP contribution in [0.15, 0.2) is 88.5 Å². The minimum absolute atomic E-state index is 0.230. The SMILES string of the molecule is Cc1ccc(CNC(=O)C(Cc2ccccc2)n2c(=O)c3ccccc3n(C)c2=O)cc1. The second-order valence-electron chi connectivity index (χ2n) is 7.94. The molecular formula is C26H25N3O3. The largest absolute Gasteiger partial charge is 0.350 e. The molecule has 0 aliphatic heterocycles. The maximum absolute atomic E-state index is 13.3. The first-order valence-electron chi connectivity index (χ1n) is 10.5. The average Bonchev–Trinajstić information content (AvgIpc) is 2.82. The van der Waals surface area contributed by atoms with Gasteiger partial charge in [0.15, 0.2) is 0 Å². The highest BCUT2D eigenvalue weighted by atomic mass is 16.2. The summed E-state index contributed by atoms with van der Waals surface area (Å²) in [4.78, 5) is 39.8. The van der Waals surface area contributed by atoms with Crippen LogP contribution in [0.5, 0.6) is 0 Å². The van der Waals surface area contributed by atoms with E-state index in [4.69, 9.17) is 0 Å². The number of aromatic nitrogens is 2. The molecule has 3 aromatic carbocycles. The lowest BCUT2D eigenvalue weighted by atomic mass is 10.0. The van der Waals surface area contributed by atoms with Gasteiger partial charge >= 0.3 is 5.69 Å². The van der Waals surface area contributed by atoms with E-state index in [0.29, 0.717) is 17.4 Å². The van der Waals surface area contributed by atoms with Crippen LogP contribution in [0.2, 0.25) is 0 Å². The molecule has 6 nitrogen and oxygen atoms in total. The van der Waals surface area contributed by atoms with E-state index < -0.39 is 17.3 Å². The monoisotopic (exact) mass is 427 g/mol. The van der Waals surface area contributed by atoms with Gasteiger partial charge in [-0.1, -0.05) is 72.3 Å². The fourth-order valence-electron chi connectivity index (χ4n) is 3.85. The quantitative estimate of drug-likeness (QED) is 0.514. The third-order valence-electron chi connectivity index (χ3n) is 5.68. The van der Waals surface area contributed by atoms with Crippen molar-refractivity contribution in [3.05, 3.63) is 116 Å². The molecule has 0 saturated carbocycles. The lowest BCUT2D eigenvalue weighted by Gasteiger charge is -2.21. The van der Waals surface area contributed by atoms with Crippen LogP contribution in [-0.4, -0.2) is 15.0 Å². The molecular weight excluding hydrogens is 402 g/mol. The molecule has 0 fully saturated rings. The van der Waals surface area contributed by atoms with E-state index in [-0.39, 0.29) is 12.3 Å². The molecule has 1 unspecified atom stereocenters. The van der Waals surface area contributed by atoms with Gasteiger partial charge in [0, 0.05) is 20.0 Å². The van der Waals surface area contributed by atoms with Crippen molar-refractivity contribution in [3.63, 3.8) is 0 Å². The van der Waals surface area contributed by atoms with Gasteiger partial charge in [0.1, 0.15) is 6.04 Å². The van der Waals surface area contributed by atoms with Gasteiger partial charge in [-0.2, -0.15) is 0 Å². The van der Waals surface area contributed by atoms with Crippen molar-refractivity contribution in [1.29, 1.82) is 0 Å². The highest BCUT2D eigenvalue weighted by Crippen LogP contribution is 2.15. The van der Waals surface area contributed by atoms with Gasteiger partial charge in [-0.25, -0.2) is 9.36 Å². The summed E-state index contributed by atoms with van der Waals surface area (Å²) in [7, 11) is 1.62. The Morgan fingerprint density at radius 2 is 1.53 bits per heavy atom. The Balaban J connectivity index is 1.76. The molecule has 32 heavy (non-hydrogen) atoms. The predicted octanol–water partition coefficient (Wildman–Crippen LogP) is 3.11. The number of aryl methyl sites for hydroxylation is 2. The number of nitrogens with one attached hydrogen (secondary N) is 1. The van der Waals surface area contributed by atoms with Crippen molar-refractivity contribution in [3.8, 4) is 0 Å². The molecule has 1 N–H and O–H groups in total. The lowest BCUT2D eigenvalue weighted by molar-refractivity contribution is -0.124. The first-order valence-corrected chi connectivity index (χ1v) is 10.5. The number of rotatable bonds is 6. The Morgan fingerprint density at radius 1 is 0.875 bits per heavy atom. The molecule has 1 amide bonds. The fourth-order valence-corrected chi connectivity index (χ4v) is 3.85. The summed E-state index contributed by atoms with van der Waals surface area (Å²) < 4.78 is 2.50. The van der Waals surface area contributed by atoms with Crippen molar-refractivity contribution in [2.45, 2.75) is 25.9 Å². The van der Waals surface area contributed by atoms with Crippen molar-refractivity contribution >= 4 is 16.8 Å². The zero-order chi connectivity index (χ0) is 22.7. The molecule has 0 aliphatic carbocycles. The van der Waals surface area contributed by atoms with Crippen LogP contribution >= 0.6 is 0 Å². The van der Waals surface area contributed by atoms with Crippen molar-refractivity contribution in [2.24, 2.45) is 7.05 Å². The molecule has 1 aromatic heterocycles. The van der Waals surface area contributed by atoms with Crippen LogP contribution in [0.3, 0.4) is 0 Å². The number of fused-ring (bicyclic) bond motifs is 1. The van der Waals surface area contributed by atoms with Gasteiger partial charge in [0.05, 0.1) is 10.9 Å². The van der Waals surface area contributed by atoms with Crippen LogP contribution in [0, 0.1) is 6.92 Å². The van der Waals surface area contributed by atoms with E-state index >= 15 is 0 Å². The zero-order valence-corrected chi connectivity index (χ0v) is 18.1. The Kier molecular flexibility index (Phi) is 6.03. The van der Waals surface area contributed by atoms with Crippen LogP contribution in [-0.2, 0) is 24.8 Å². The maximum Gasteiger partial charge on any atom is 0.331 e. The third kappa shape index (κ3) is 4.25. The summed E-state index contributed by atoms with van der Waals surface area (Å²) in [5.41, 5.74) is 2.51. The third-order valence-corrected chi connectivity index (χ3v) is 5.68. The molecule has 0 radical (unpaired) electrons. The summed E-state index contributed by atoms with van der Waals surface area (Å²) in [6.45, 7) is 2.31. The van der Waals surface area contributed by atoms with Crippen LogP contribution < -0.4 is 16.6 Å². The molecule has 4 aromatic rings. The topological polar surface area (TPSA) is 73.1 Å². The summed E-state index contributed by atoms with van der Waals surface area (Å²) in [6, 6.07) is 23.2. The Bertz CT molecular complexity index is 1370. The van der Waals surface area contributed by atoms with E-state index in [2.05, 4.69) is 5.32 Å². The first-order chi connectivity index (χ1) is 15.5. The zero-order valence-electron chi connectivity index (χ0n) is 18.1. The van der Waals surface area contributed by atoms with E-state index in [1.807, 2.05) is 61.5 Å². The lowest BCUT2D eigenvalue weighted by Crippen LogP contribution is -2.47. The molecule has 4 rings (SSSR count). The van der Waals surface area contributed by atoms with Crippen molar-refractivity contribution in [2.75, 3.05) is 0 Å². The van der Waals surface area contributed by atoms with Gasteiger partial charge in [-0.15, -0.1) is 0 Å². The number of amides is 1. The number of hydrogen-bond donors (Lipinski definition) is 1. The highest BCUT2D eigenvalue weighted by Gasteiger charge is 2.26. The van der Waals surface area contributed by atoms with E-state index in [9.17, 15) is 14.4 Å². The molecule has 0 saturated heterocycles. The van der Waals surface area contributed by atoms with Crippen molar-refractivity contribution in [1.82, 2.24) is 14.5 Å². The molecule has 0 aliphatic rings. The number of carbonyl (C=O) groups excluding carboxylic acids is 1. The average molecular weight is 428 g/mol. The Labute approximate surface area is 185 Å². The van der Waals surface area contributed by atoms with Crippen LogP contribution in [0.1, 0.15) is 22.7 Å². The Morgan fingerprint density at radius 3 is 2.25 bits per heavy atom. The van der Waals surface area contributed by atoms with Gasteiger partial charge < -0.3 is 5.32 Å². The van der Waals surface area contributed by atoms with E-state index in [0.717, 1.165) is 21.3 Å². The summed E-state index contributed by atoms with van der Waals surface area (Å²) in [5.74, 6) is -0.371. The van der Waals surface area contributed by atoms with Gasteiger partial charge in [0.25, 0.3) is 5.56 Å². The maximum atomic E-state index is 13.3. The second kappa shape index (κ2) is 9.06. The number of carbonyl (C=O) groups is 1. The Hall–Kier alpha value is -3.93. The van der Waals surface area contributed by atoms with Gasteiger partial charge in [0.2, 0.25) is 5.91 Å². The van der Waals surface area contributed by atoms with E-state index in [1.54, 1.807) is 31.3 Å². The molecule has 6 heteroatoms. The normalized spacial score (nSPS) is 11.9. The molecule has 162 valence electrons. The number of para-hydroxylation sites is 1. The van der Waals surface area contributed by atoms with Gasteiger partial charge in [-0.05, 0) is 30.2 Å². The number of nitrogens with zero attached hydrogens (tertiary/aromatic N) is 2. The summed E-state index contributed by atoms with van der Waals surface area (Å²) in [6.07, 6.45) is 0.230. The standard InChI is InChI=1S/C26H25N3O3/c1-18-12-14-20(15-13-18)17-27-24(30)23(16-19-8-4-3-5-9-19)29-25(31)21-10-6-7-11-22(21)28(2)26(29)32/h3-15,23H,16-17H2,1-2H3,(H,27,30).